The molecule has 0 amide bonds. The van der Waals surface area contributed by atoms with Crippen molar-refractivity contribution >= 4 is 22.6 Å². The Morgan fingerprint density at radius 2 is 1.86 bits per heavy atom. The maximum Gasteiger partial charge on any atom is 0.140 e. The summed E-state index contributed by atoms with van der Waals surface area (Å²) in [6, 6.07) is 10.9. The van der Waals surface area contributed by atoms with E-state index in [0.29, 0.717) is 6.04 Å². The first-order chi connectivity index (χ1) is 10.1. The van der Waals surface area contributed by atoms with Gasteiger partial charge in [0.15, 0.2) is 0 Å². The summed E-state index contributed by atoms with van der Waals surface area (Å²) >= 11 is 2.31. The first-order valence-corrected chi connectivity index (χ1v) is 8.02. The fourth-order valence-electron chi connectivity index (χ4n) is 2.22. The Kier molecular flexibility index (Phi) is 4.10. The van der Waals surface area contributed by atoms with Gasteiger partial charge in [-0.15, -0.1) is 0 Å². The molecule has 3 aromatic rings. The molecule has 0 bridgehead atoms. The van der Waals surface area contributed by atoms with Gasteiger partial charge in [0.1, 0.15) is 5.82 Å². The normalized spacial score (nSPS) is 11.2. The third-order valence-corrected chi connectivity index (χ3v) is 4.06. The van der Waals surface area contributed by atoms with Crippen LogP contribution in [0.15, 0.2) is 48.9 Å². The predicted octanol–water partition coefficient (Wildman–Crippen LogP) is 3.98. The molecule has 3 rings (SSSR count). The van der Waals surface area contributed by atoms with Crippen LogP contribution in [0.4, 0.5) is 0 Å². The van der Waals surface area contributed by atoms with Gasteiger partial charge >= 0.3 is 0 Å². The van der Waals surface area contributed by atoms with Gasteiger partial charge in [-0.25, -0.2) is 4.98 Å². The molecule has 0 radical (unpaired) electrons. The lowest BCUT2D eigenvalue weighted by Crippen LogP contribution is -2.05. The highest BCUT2D eigenvalue weighted by molar-refractivity contribution is 14.1. The SMILES string of the molecule is CC(C)n1ccc(Cn2ccnc2-c2ccc(I)cc2)n1. The molecule has 108 valence electrons. The molecule has 0 saturated carbocycles. The van der Waals surface area contributed by atoms with Crippen molar-refractivity contribution in [1.82, 2.24) is 19.3 Å². The topological polar surface area (TPSA) is 35.6 Å². The summed E-state index contributed by atoms with van der Waals surface area (Å²) in [6.07, 6.45) is 5.87. The summed E-state index contributed by atoms with van der Waals surface area (Å²) in [5.74, 6) is 0.977. The zero-order valence-corrected chi connectivity index (χ0v) is 14.2. The largest absolute Gasteiger partial charge is 0.325 e. The first kappa shape index (κ1) is 14.3. The second-order valence-electron chi connectivity index (χ2n) is 5.27. The summed E-state index contributed by atoms with van der Waals surface area (Å²) in [5, 5.41) is 4.60. The van der Waals surface area contributed by atoms with E-state index in [9.17, 15) is 0 Å². The molecule has 0 aliphatic heterocycles. The molecule has 0 unspecified atom stereocenters. The molecule has 2 aromatic heterocycles. The number of hydrogen-bond acceptors (Lipinski definition) is 2. The van der Waals surface area contributed by atoms with Crippen molar-refractivity contribution < 1.29 is 0 Å². The van der Waals surface area contributed by atoms with E-state index in [1.165, 1.54) is 3.57 Å². The molecule has 1 aromatic carbocycles. The number of benzene rings is 1. The molecule has 21 heavy (non-hydrogen) atoms. The Morgan fingerprint density at radius 1 is 1.10 bits per heavy atom. The van der Waals surface area contributed by atoms with Gasteiger partial charge < -0.3 is 4.57 Å². The molecular formula is C16H17IN4. The lowest BCUT2D eigenvalue weighted by molar-refractivity contribution is 0.524. The van der Waals surface area contributed by atoms with E-state index in [1.807, 2.05) is 23.3 Å². The maximum absolute atomic E-state index is 4.60. The van der Waals surface area contributed by atoms with Crippen LogP contribution in [0.5, 0.6) is 0 Å². The van der Waals surface area contributed by atoms with Crippen LogP contribution in [0.25, 0.3) is 11.4 Å². The van der Waals surface area contributed by atoms with Gasteiger partial charge in [-0.2, -0.15) is 5.10 Å². The number of imidazole rings is 1. The van der Waals surface area contributed by atoms with Crippen LogP contribution in [0.3, 0.4) is 0 Å². The zero-order valence-electron chi connectivity index (χ0n) is 12.1. The third-order valence-electron chi connectivity index (χ3n) is 3.34. The highest BCUT2D eigenvalue weighted by atomic mass is 127. The third kappa shape index (κ3) is 3.18. The molecule has 4 nitrogen and oxygen atoms in total. The summed E-state index contributed by atoms with van der Waals surface area (Å²) in [5.41, 5.74) is 2.18. The van der Waals surface area contributed by atoms with Crippen molar-refractivity contribution in [2.24, 2.45) is 0 Å². The van der Waals surface area contributed by atoms with Crippen molar-refractivity contribution in [2.75, 3.05) is 0 Å². The van der Waals surface area contributed by atoms with E-state index in [-0.39, 0.29) is 0 Å². The van der Waals surface area contributed by atoms with Crippen LogP contribution in [-0.2, 0) is 6.54 Å². The minimum Gasteiger partial charge on any atom is -0.325 e. The van der Waals surface area contributed by atoms with Crippen molar-refractivity contribution in [3.63, 3.8) is 0 Å². The monoisotopic (exact) mass is 392 g/mol. The van der Waals surface area contributed by atoms with E-state index in [1.54, 1.807) is 0 Å². The summed E-state index contributed by atoms with van der Waals surface area (Å²) in [7, 11) is 0. The molecule has 0 spiro atoms. The fraction of sp³-hybridized carbons (Fsp3) is 0.250. The summed E-state index contributed by atoms with van der Waals surface area (Å²) in [6.45, 7) is 5.00. The summed E-state index contributed by atoms with van der Waals surface area (Å²) in [4.78, 5) is 4.48. The molecule has 2 heterocycles. The molecule has 0 N–H and O–H groups in total. The average molecular weight is 392 g/mol. The van der Waals surface area contributed by atoms with E-state index in [2.05, 4.69) is 81.4 Å². The Morgan fingerprint density at radius 3 is 2.52 bits per heavy atom. The lowest BCUT2D eigenvalue weighted by atomic mass is 10.2. The maximum atomic E-state index is 4.60. The van der Waals surface area contributed by atoms with Crippen molar-refractivity contribution in [1.29, 1.82) is 0 Å². The van der Waals surface area contributed by atoms with Gasteiger partial charge in [0.25, 0.3) is 0 Å². The summed E-state index contributed by atoms with van der Waals surface area (Å²) < 4.78 is 5.34. The van der Waals surface area contributed by atoms with Gasteiger partial charge in [-0.05, 0) is 54.6 Å². The lowest BCUT2D eigenvalue weighted by Gasteiger charge is -2.07. The quantitative estimate of drug-likeness (QED) is 0.630. The van der Waals surface area contributed by atoms with E-state index in [0.717, 1.165) is 23.6 Å². The van der Waals surface area contributed by atoms with Crippen molar-refractivity contribution in [3.8, 4) is 11.4 Å². The van der Waals surface area contributed by atoms with Gasteiger partial charge in [-0.3, -0.25) is 4.68 Å². The number of rotatable bonds is 4. The zero-order chi connectivity index (χ0) is 14.8. The molecule has 0 atom stereocenters. The standard InChI is InChI=1S/C16H17IN4/c1-12(2)21-9-7-15(19-21)11-20-10-8-18-16(20)13-3-5-14(17)6-4-13/h3-10,12H,11H2,1-2H3. The predicted molar refractivity (Wildman–Crippen MR) is 92.1 cm³/mol. The van der Waals surface area contributed by atoms with Crippen LogP contribution < -0.4 is 0 Å². The van der Waals surface area contributed by atoms with E-state index < -0.39 is 0 Å². The van der Waals surface area contributed by atoms with Gasteiger partial charge in [0.05, 0.1) is 12.2 Å². The number of nitrogens with zero attached hydrogens (tertiary/aromatic N) is 4. The van der Waals surface area contributed by atoms with Gasteiger partial charge in [-0.1, -0.05) is 12.1 Å². The molecule has 0 fully saturated rings. The minimum atomic E-state index is 0.386. The number of halogens is 1. The fourth-order valence-corrected chi connectivity index (χ4v) is 2.58. The highest BCUT2D eigenvalue weighted by Crippen LogP contribution is 2.19. The molecular weight excluding hydrogens is 375 g/mol. The smallest absolute Gasteiger partial charge is 0.140 e. The Balaban J connectivity index is 1.86. The van der Waals surface area contributed by atoms with Crippen LogP contribution >= 0.6 is 22.6 Å². The number of hydrogen-bond donors (Lipinski definition) is 0. The Hall–Kier alpha value is -1.63. The molecule has 0 saturated heterocycles. The second kappa shape index (κ2) is 6.01. The van der Waals surface area contributed by atoms with Crippen molar-refractivity contribution in [3.05, 3.63) is 58.2 Å². The van der Waals surface area contributed by atoms with Gasteiger partial charge in [0.2, 0.25) is 0 Å². The molecule has 0 aliphatic carbocycles. The second-order valence-corrected chi connectivity index (χ2v) is 6.51. The number of aromatic nitrogens is 4. The highest BCUT2D eigenvalue weighted by Gasteiger charge is 2.08. The molecule has 0 aliphatic rings. The van der Waals surface area contributed by atoms with E-state index in [4.69, 9.17) is 0 Å². The first-order valence-electron chi connectivity index (χ1n) is 6.94. The van der Waals surface area contributed by atoms with Crippen LogP contribution in [0, 0.1) is 3.57 Å². The average Bonchev–Trinajstić information content (AvgIpc) is 3.10. The van der Waals surface area contributed by atoms with Gasteiger partial charge in [0, 0.05) is 33.8 Å². The van der Waals surface area contributed by atoms with Crippen LogP contribution in [-0.4, -0.2) is 19.3 Å². The van der Waals surface area contributed by atoms with Crippen molar-refractivity contribution in [2.45, 2.75) is 26.4 Å². The van der Waals surface area contributed by atoms with Crippen LogP contribution in [0.2, 0.25) is 0 Å². The Bertz CT molecular complexity index is 725. The van der Waals surface area contributed by atoms with E-state index >= 15 is 0 Å². The minimum absolute atomic E-state index is 0.386. The van der Waals surface area contributed by atoms with Crippen LogP contribution in [0.1, 0.15) is 25.6 Å². The Labute approximate surface area is 138 Å². The molecule has 5 heteroatoms.